The molecular formula is C12H20N4O4. The SMILES string of the molecule is CCCc1nn(C)c(NCCCCC(=O)O)c1[N+](=O)[O-]. The number of unbranched alkanes of at least 4 members (excludes halogenated alkanes) is 1. The Labute approximate surface area is 116 Å². The Morgan fingerprint density at radius 1 is 1.50 bits per heavy atom. The summed E-state index contributed by atoms with van der Waals surface area (Å²) in [6, 6.07) is 0. The third-order valence-corrected chi connectivity index (χ3v) is 2.87. The Hall–Kier alpha value is -2.12. The number of carbonyl (C=O) groups is 1. The van der Waals surface area contributed by atoms with Crippen LogP contribution in [-0.2, 0) is 18.3 Å². The molecule has 0 spiro atoms. The monoisotopic (exact) mass is 284 g/mol. The Balaban J connectivity index is 2.68. The van der Waals surface area contributed by atoms with Gasteiger partial charge in [0, 0.05) is 20.0 Å². The number of aromatic nitrogens is 2. The molecule has 0 aliphatic carbocycles. The van der Waals surface area contributed by atoms with Gasteiger partial charge in [-0.2, -0.15) is 5.10 Å². The molecular weight excluding hydrogens is 264 g/mol. The van der Waals surface area contributed by atoms with E-state index in [0.29, 0.717) is 37.3 Å². The van der Waals surface area contributed by atoms with Gasteiger partial charge in [0.1, 0.15) is 5.69 Å². The van der Waals surface area contributed by atoms with Crippen molar-refractivity contribution in [3.8, 4) is 0 Å². The van der Waals surface area contributed by atoms with Crippen LogP contribution in [0, 0.1) is 10.1 Å². The summed E-state index contributed by atoms with van der Waals surface area (Å²) in [7, 11) is 1.66. The summed E-state index contributed by atoms with van der Waals surface area (Å²) in [4.78, 5) is 21.1. The molecule has 1 heterocycles. The van der Waals surface area contributed by atoms with Gasteiger partial charge in [-0.05, 0) is 19.3 Å². The fourth-order valence-corrected chi connectivity index (χ4v) is 1.97. The fourth-order valence-electron chi connectivity index (χ4n) is 1.97. The molecule has 1 aromatic heterocycles. The molecule has 0 amide bonds. The maximum absolute atomic E-state index is 11.1. The Bertz CT molecular complexity index is 484. The van der Waals surface area contributed by atoms with Crippen LogP contribution in [0.3, 0.4) is 0 Å². The van der Waals surface area contributed by atoms with E-state index < -0.39 is 10.9 Å². The zero-order chi connectivity index (χ0) is 15.1. The fraction of sp³-hybridized carbons (Fsp3) is 0.667. The number of carboxylic acids is 1. The lowest BCUT2D eigenvalue weighted by atomic mass is 10.2. The van der Waals surface area contributed by atoms with Gasteiger partial charge in [0.05, 0.1) is 4.92 Å². The highest BCUT2D eigenvalue weighted by atomic mass is 16.6. The maximum atomic E-state index is 11.1. The maximum Gasteiger partial charge on any atom is 0.333 e. The van der Waals surface area contributed by atoms with Crippen molar-refractivity contribution in [1.82, 2.24) is 9.78 Å². The van der Waals surface area contributed by atoms with E-state index >= 15 is 0 Å². The lowest BCUT2D eigenvalue weighted by Gasteiger charge is -2.05. The van der Waals surface area contributed by atoms with Crippen LogP contribution < -0.4 is 5.32 Å². The summed E-state index contributed by atoms with van der Waals surface area (Å²) in [5.41, 5.74) is 0.501. The van der Waals surface area contributed by atoms with Crippen LogP contribution in [0.5, 0.6) is 0 Å². The van der Waals surface area contributed by atoms with Gasteiger partial charge < -0.3 is 10.4 Å². The molecule has 8 nitrogen and oxygen atoms in total. The number of rotatable bonds is 9. The van der Waals surface area contributed by atoms with Gasteiger partial charge in [-0.3, -0.25) is 14.9 Å². The number of nitrogens with one attached hydrogen (secondary N) is 1. The molecule has 0 bridgehead atoms. The quantitative estimate of drug-likeness (QED) is 0.407. The highest BCUT2D eigenvalue weighted by molar-refractivity contribution is 5.66. The number of carboxylic acid groups (broad SMARTS) is 1. The van der Waals surface area contributed by atoms with E-state index in [1.54, 1.807) is 7.05 Å². The summed E-state index contributed by atoms with van der Waals surface area (Å²) in [6.07, 6.45) is 2.63. The summed E-state index contributed by atoms with van der Waals surface area (Å²) in [5.74, 6) is -0.449. The normalized spacial score (nSPS) is 10.5. The standard InChI is InChI=1S/C12H20N4O4/c1-3-6-9-11(16(19)20)12(15(2)14-9)13-8-5-4-7-10(17)18/h13H,3-8H2,1-2H3,(H,17,18). The molecule has 0 fully saturated rings. The highest BCUT2D eigenvalue weighted by Gasteiger charge is 2.25. The molecule has 0 aliphatic heterocycles. The summed E-state index contributed by atoms with van der Waals surface area (Å²) in [5, 5.41) is 26.8. The van der Waals surface area contributed by atoms with Crippen LogP contribution in [0.4, 0.5) is 11.5 Å². The van der Waals surface area contributed by atoms with E-state index in [2.05, 4.69) is 10.4 Å². The molecule has 112 valence electrons. The number of aryl methyl sites for hydroxylation is 2. The van der Waals surface area contributed by atoms with Crippen molar-refractivity contribution in [3.05, 3.63) is 15.8 Å². The minimum atomic E-state index is -0.832. The average Bonchev–Trinajstić information content (AvgIpc) is 2.65. The molecule has 0 saturated carbocycles. The Morgan fingerprint density at radius 3 is 2.75 bits per heavy atom. The van der Waals surface area contributed by atoms with Crippen molar-refractivity contribution >= 4 is 17.5 Å². The lowest BCUT2D eigenvalue weighted by Crippen LogP contribution is -2.08. The minimum absolute atomic E-state index is 0.0209. The van der Waals surface area contributed by atoms with Crippen molar-refractivity contribution in [1.29, 1.82) is 0 Å². The second kappa shape index (κ2) is 7.46. The van der Waals surface area contributed by atoms with Crippen LogP contribution in [0.25, 0.3) is 0 Å². The van der Waals surface area contributed by atoms with Gasteiger partial charge in [-0.25, -0.2) is 4.68 Å². The van der Waals surface area contributed by atoms with Crippen LogP contribution in [0.15, 0.2) is 0 Å². The van der Waals surface area contributed by atoms with Crippen molar-refractivity contribution in [2.24, 2.45) is 7.05 Å². The molecule has 0 atom stereocenters. The average molecular weight is 284 g/mol. The molecule has 1 aromatic rings. The van der Waals surface area contributed by atoms with Crippen molar-refractivity contribution in [2.45, 2.75) is 39.0 Å². The number of hydrogen-bond donors (Lipinski definition) is 2. The number of nitro groups is 1. The molecule has 0 radical (unpaired) electrons. The summed E-state index contributed by atoms with van der Waals surface area (Å²) in [6.45, 7) is 2.43. The van der Waals surface area contributed by atoms with E-state index in [1.807, 2.05) is 6.92 Å². The Morgan fingerprint density at radius 2 is 2.20 bits per heavy atom. The molecule has 1 rings (SSSR count). The smallest absolute Gasteiger partial charge is 0.333 e. The number of aliphatic carboxylic acids is 1. The van der Waals surface area contributed by atoms with Crippen molar-refractivity contribution in [2.75, 3.05) is 11.9 Å². The zero-order valence-corrected chi connectivity index (χ0v) is 11.8. The van der Waals surface area contributed by atoms with E-state index in [1.165, 1.54) is 4.68 Å². The second-order valence-electron chi connectivity index (χ2n) is 4.55. The second-order valence-corrected chi connectivity index (χ2v) is 4.55. The first-order valence-corrected chi connectivity index (χ1v) is 6.63. The highest BCUT2D eigenvalue weighted by Crippen LogP contribution is 2.28. The minimum Gasteiger partial charge on any atom is -0.481 e. The van der Waals surface area contributed by atoms with E-state index in [-0.39, 0.29) is 12.1 Å². The van der Waals surface area contributed by atoms with Gasteiger partial charge in [-0.1, -0.05) is 13.3 Å². The van der Waals surface area contributed by atoms with E-state index in [4.69, 9.17) is 5.11 Å². The summed E-state index contributed by atoms with van der Waals surface area (Å²) >= 11 is 0. The molecule has 20 heavy (non-hydrogen) atoms. The van der Waals surface area contributed by atoms with Gasteiger partial charge in [0.15, 0.2) is 0 Å². The first kappa shape index (κ1) is 15.9. The largest absolute Gasteiger partial charge is 0.481 e. The van der Waals surface area contributed by atoms with E-state index in [9.17, 15) is 14.9 Å². The molecule has 0 aliphatic rings. The number of anilines is 1. The van der Waals surface area contributed by atoms with Gasteiger partial charge in [0.25, 0.3) is 0 Å². The Kier molecular flexibility index (Phi) is 5.95. The summed E-state index contributed by atoms with van der Waals surface area (Å²) < 4.78 is 1.47. The molecule has 2 N–H and O–H groups in total. The lowest BCUT2D eigenvalue weighted by molar-refractivity contribution is -0.384. The van der Waals surface area contributed by atoms with Gasteiger partial charge in [0.2, 0.25) is 5.82 Å². The molecule has 0 saturated heterocycles. The van der Waals surface area contributed by atoms with Crippen molar-refractivity contribution < 1.29 is 14.8 Å². The molecule has 8 heteroatoms. The van der Waals surface area contributed by atoms with Crippen LogP contribution in [0.2, 0.25) is 0 Å². The molecule has 0 unspecified atom stereocenters. The van der Waals surface area contributed by atoms with E-state index in [0.717, 1.165) is 6.42 Å². The first-order chi connectivity index (χ1) is 9.47. The zero-order valence-electron chi connectivity index (χ0n) is 11.8. The van der Waals surface area contributed by atoms with Crippen LogP contribution in [0.1, 0.15) is 38.3 Å². The molecule has 0 aromatic carbocycles. The number of nitrogens with zero attached hydrogens (tertiary/aromatic N) is 3. The predicted octanol–water partition coefficient (Wildman–Crippen LogP) is 1.95. The van der Waals surface area contributed by atoms with Crippen molar-refractivity contribution in [3.63, 3.8) is 0 Å². The first-order valence-electron chi connectivity index (χ1n) is 6.63. The van der Waals surface area contributed by atoms with Gasteiger partial charge >= 0.3 is 11.7 Å². The number of hydrogen-bond acceptors (Lipinski definition) is 5. The van der Waals surface area contributed by atoms with Crippen LogP contribution in [-0.4, -0.2) is 32.3 Å². The third-order valence-electron chi connectivity index (χ3n) is 2.87. The third kappa shape index (κ3) is 4.22. The topological polar surface area (TPSA) is 110 Å². The predicted molar refractivity (Wildman–Crippen MR) is 73.8 cm³/mol. The van der Waals surface area contributed by atoms with Gasteiger partial charge in [-0.15, -0.1) is 0 Å². The van der Waals surface area contributed by atoms with Crippen LogP contribution >= 0.6 is 0 Å².